The third-order valence-corrected chi connectivity index (χ3v) is 7.35. The number of rotatable bonds is 9. The minimum Gasteiger partial charge on any atom is -0.493 e. The lowest BCUT2D eigenvalue weighted by atomic mass is 10.0. The highest BCUT2D eigenvalue weighted by molar-refractivity contribution is 5.89. The molecule has 0 spiro atoms. The number of furan rings is 1. The Balaban J connectivity index is 1.64. The Morgan fingerprint density at radius 1 is 1.00 bits per heavy atom. The van der Waals surface area contributed by atoms with Crippen molar-refractivity contribution < 1.29 is 37.7 Å². The van der Waals surface area contributed by atoms with Crippen molar-refractivity contribution in [3.8, 4) is 5.75 Å². The molecule has 2 aromatic rings. The summed E-state index contributed by atoms with van der Waals surface area (Å²) in [6.45, 7) is 14.2. The molecule has 0 bridgehead atoms. The van der Waals surface area contributed by atoms with Gasteiger partial charge in [-0.3, -0.25) is 9.69 Å². The molecular weight excluding hydrogens is 554 g/mol. The van der Waals surface area contributed by atoms with Gasteiger partial charge in [-0.2, -0.15) is 0 Å². The van der Waals surface area contributed by atoms with Crippen molar-refractivity contribution in [3.05, 3.63) is 30.0 Å². The summed E-state index contributed by atoms with van der Waals surface area (Å²) in [7, 11) is 1.66. The molecule has 1 aromatic heterocycles. The molecule has 2 aliphatic rings. The average molecular weight is 602 g/mol. The van der Waals surface area contributed by atoms with Crippen molar-refractivity contribution in [3.63, 3.8) is 0 Å². The molecule has 1 aliphatic carbocycles. The van der Waals surface area contributed by atoms with Crippen LogP contribution >= 0.6 is 0 Å². The van der Waals surface area contributed by atoms with Gasteiger partial charge in [0.1, 0.15) is 28.6 Å². The van der Waals surface area contributed by atoms with Gasteiger partial charge in [0.15, 0.2) is 0 Å². The first-order chi connectivity index (χ1) is 20.2. The zero-order valence-corrected chi connectivity index (χ0v) is 26.8. The van der Waals surface area contributed by atoms with Crippen LogP contribution in [0.3, 0.4) is 0 Å². The Morgan fingerprint density at radius 2 is 1.67 bits per heavy atom. The third kappa shape index (κ3) is 8.34. The second-order valence-electron chi connectivity index (χ2n) is 13.3. The summed E-state index contributed by atoms with van der Waals surface area (Å²) < 4.78 is 28.3. The minimum atomic E-state index is -0.934. The van der Waals surface area contributed by atoms with Gasteiger partial charge < -0.3 is 33.2 Å². The molecule has 2 heterocycles. The first kappa shape index (κ1) is 32.4. The highest BCUT2D eigenvalue weighted by atomic mass is 16.6. The van der Waals surface area contributed by atoms with Crippen LogP contribution in [0.1, 0.15) is 79.3 Å². The van der Waals surface area contributed by atoms with E-state index in [0.717, 1.165) is 30.2 Å². The molecule has 11 heteroatoms. The Kier molecular flexibility index (Phi) is 9.83. The van der Waals surface area contributed by atoms with E-state index in [4.69, 9.17) is 23.4 Å². The van der Waals surface area contributed by atoms with Crippen LogP contribution < -0.4 is 4.74 Å². The molecule has 0 N–H and O–H groups in total. The second-order valence-corrected chi connectivity index (χ2v) is 13.3. The van der Waals surface area contributed by atoms with Crippen molar-refractivity contribution in [2.24, 2.45) is 0 Å². The van der Waals surface area contributed by atoms with E-state index in [-0.39, 0.29) is 37.6 Å². The van der Waals surface area contributed by atoms with E-state index in [9.17, 15) is 14.4 Å². The van der Waals surface area contributed by atoms with E-state index in [1.165, 1.54) is 9.80 Å². The number of benzene rings is 1. The van der Waals surface area contributed by atoms with Gasteiger partial charge in [-0.25, -0.2) is 9.59 Å². The predicted molar refractivity (Wildman–Crippen MR) is 161 cm³/mol. The Labute approximate surface area is 254 Å². The summed E-state index contributed by atoms with van der Waals surface area (Å²) >= 11 is 0. The summed E-state index contributed by atoms with van der Waals surface area (Å²) in [4.78, 5) is 45.7. The lowest BCUT2D eigenvalue weighted by molar-refractivity contribution is -0.142. The predicted octanol–water partition coefficient (Wildman–Crippen LogP) is 5.76. The SMILES string of the molecule is COCCCOc1cc([C@H](C)N(C(=O)[C@H]2CN(C(=O)OC(C)(C)C)CCN2C(=O)OC(C)(C)C)C2CC2)cc2occc12. The standard InChI is InChI=1S/C32H47N3O8/c1-21(22-18-26(40-16-9-15-39-8)24-12-17-41-27(24)19-22)35(23-10-11-23)28(36)25-20-33(29(37)42-31(2,3)4)13-14-34(25)30(38)43-32(5,6)7/h12,17-19,21,23,25H,9-11,13-16,20H2,1-8H3/t21-,25+/m0/s1. The van der Waals surface area contributed by atoms with E-state index in [0.29, 0.717) is 24.5 Å². The molecule has 1 saturated heterocycles. The molecule has 3 amide bonds. The fraction of sp³-hybridized carbons (Fsp3) is 0.656. The van der Waals surface area contributed by atoms with Crippen LogP contribution in [0.25, 0.3) is 11.0 Å². The quantitative estimate of drug-likeness (QED) is 0.334. The monoisotopic (exact) mass is 601 g/mol. The van der Waals surface area contributed by atoms with Crippen LogP contribution in [0.15, 0.2) is 28.9 Å². The molecule has 1 aliphatic heterocycles. The summed E-state index contributed by atoms with van der Waals surface area (Å²) in [6.07, 6.45) is 2.97. The maximum Gasteiger partial charge on any atom is 0.411 e. The topological polar surface area (TPSA) is 111 Å². The fourth-order valence-corrected chi connectivity index (χ4v) is 5.20. The van der Waals surface area contributed by atoms with Gasteiger partial charge in [-0.15, -0.1) is 0 Å². The summed E-state index contributed by atoms with van der Waals surface area (Å²) in [5.74, 6) is 0.438. The minimum absolute atomic E-state index is 0.00795. The van der Waals surface area contributed by atoms with Gasteiger partial charge in [-0.05, 0) is 85.1 Å². The number of carbonyl (C=O) groups excluding carboxylic acids is 3. The van der Waals surface area contributed by atoms with Crippen molar-refractivity contribution in [2.75, 3.05) is 40.0 Å². The largest absolute Gasteiger partial charge is 0.493 e. The first-order valence-electron chi connectivity index (χ1n) is 15.1. The summed E-state index contributed by atoms with van der Waals surface area (Å²) in [5, 5.41) is 0.856. The number of hydrogen-bond acceptors (Lipinski definition) is 8. The van der Waals surface area contributed by atoms with Crippen LogP contribution in [-0.4, -0.2) is 96.0 Å². The summed E-state index contributed by atoms with van der Waals surface area (Å²) in [5.41, 5.74) is 0.0852. The lowest BCUT2D eigenvalue weighted by Crippen LogP contribution is -2.63. The van der Waals surface area contributed by atoms with Gasteiger partial charge in [0.05, 0.1) is 30.8 Å². The molecule has 0 radical (unpaired) electrons. The average Bonchev–Trinajstić information content (AvgIpc) is 3.63. The Hall–Kier alpha value is -3.47. The number of ether oxygens (including phenoxy) is 4. The van der Waals surface area contributed by atoms with Crippen molar-refractivity contribution in [1.29, 1.82) is 0 Å². The molecule has 4 rings (SSSR count). The number of hydrogen-bond donors (Lipinski definition) is 0. The van der Waals surface area contributed by atoms with Crippen LogP contribution in [0, 0.1) is 0 Å². The van der Waals surface area contributed by atoms with E-state index >= 15 is 0 Å². The number of carbonyl (C=O) groups is 3. The molecule has 43 heavy (non-hydrogen) atoms. The molecule has 1 aromatic carbocycles. The lowest BCUT2D eigenvalue weighted by Gasteiger charge is -2.43. The second kappa shape index (κ2) is 13.0. The smallest absolute Gasteiger partial charge is 0.411 e. The number of fused-ring (bicyclic) bond motifs is 1. The van der Waals surface area contributed by atoms with Crippen molar-refractivity contribution in [2.45, 2.75) is 97.1 Å². The molecule has 11 nitrogen and oxygen atoms in total. The molecule has 2 fully saturated rings. The maximum absolute atomic E-state index is 14.5. The van der Waals surface area contributed by atoms with E-state index in [1.54, 1.807) is 54.9 Å². The van der Waals surface area contributed by atoms with Crippen molar-refractivity contribution in [1.82, 2.24) is 14.7 Å². The zero-order chi connectivity index (χ0) is 31.5. The van der Waals surface area contributed by atoms with Gasteiger partial charge in [0.2, 0.25) is 5.91 Å². The summed E-state index contributed by atoms with van der Waals surface area (Å²) in [6, 6.07) is 4.48. The third-order valence-electron chi connectivity index (χ3n) is 7.35. The number of nitrogens with zero attached hydrogens (tertiary/aromatic N) is 3. The van der Waals surface area contributed by atoms with Crippen molar-refractivity contribution >= 4 is 29.1 Å². The van der Waals surface area contributed by atoms with Gasteiger partial charge in [0.25, 0.3) is 0 Å². The van der Waals surface area contributed by atoms with Crippen LogP contribution in [0.2, 0.25) is 0 Å². The molecule has 0 unspecified atom stereocenters. The highest BCUT2D eigenvalue weighted by Gasteiger charge is 2.46. The molecule has 1 saturated carbocycles. The molecule has 238 valence electrons. The number of piperazine rings is 1. The number of methoxy groups -OCH3 is 1. The van der Waals surface area contributed by atoms with Crippen LogP contribution in [-0.2, 0) is 19.0 Å². The van der Waals surface area contributed by atoms with Gasteiger partial charge in [-0.1, -0.05) is 0 Å². The van der Waals surface area contributed by atoms with Gasteiger partial charge >= 0.3 is 12.2 Å². The molecule has 2 atom stereocenters. The normalized spacial score (nSPS) is 18.4. The first-order valence-corrected chi connectivity index (χ1v) is 15.1. The van der Waals surface area contributed by atoms with E-state index < -0.39 is 29.4 Å². The maximum atomic E-state index is 14.5. The molecular formula is C32H47N3O8. The van der Waals surface area contributed by atoms with Gasteiger partial charge in [0, 0.05) is 39.3 Å². The fourth-order valence-electron chi connectivity index (χ4n) is 5.20. The van der Waals surface area contributed by atoms with Crippen LogP contribution in [0.4, 0.5) is 9.59 Å². The number of amides is 3. The van der Waals surface area contributed by atoms with Crippen LogP contribution in [0.5, 0.6) is 5.75 Å². The highest BCUT2D eigenvalue weighted by Crippen LogP contribution is 2.39. The van der Waals surface area contributed by atoms with E-state index in [1.807, 2.05) is 30.0 Å². The Morgan fingerprint density at radius 3 is 2.30 bits per heavy atom. The Bertz CT molecular complexity index is 1290. The zero-order valence-electron chi connectivity index (χ0n) is 26.8. The van der Waals surface area contributed by atoms with E-state index in [2.05, 4.69) is 0 Å².